The molecule has 0 unspecified atom stereocenters. The van der Waals surface area contributed by atoms with E-state index in [4.69, 9.17) is 39.0 Å². The molecule has 3 aromatic rings. The SMILES string of the molecule is COc1cc(CCc2ccc3c(c2)OCO3)nc2ccccc12.O=C(O)C(=O)O. The van der Waals surface area contributed by atoms with Crippen molar-refractivity contribution in [3.05, 3.63) is 59.8 Å². The molecule has 0 atom stereocenters. The van der Waals surface area contributed by atoms with Crippen molar-refractivity contribution in [1.29, 1.82) is 0 Å². The summed E-state index contributed by atoms with van der Waals surface area (Å²) in [6.45, 7) is 0.308. The highest BCUT2D eigenvalue weighted by atomic mass is 16.7. The number of hydrogen-bond donors (Lipinski definition) is 2. The van der Waals surface area contributed by atoms with E-state index in [1.54, 1.807) is 7.11 Å². The van der Waals surface area contributed by atoms with Crippen molar-refractivity contribution in [2.45, 2.75) is 12.8 Å². The van der Waals surface area contributed by atoms with Gasteiger partial charge >= 0.3 is 11.9 Å². The number of pyridine rings is 1. The van der Waals surface area contributed by atoms with E-state index < -0.39 is 11.9 Å². The molecule has 8 heteroatoms. The number of aromatic nitrogens is 1. The fourth-order valence-electron chi connectivity index (χ4n) is 2.86. The van der Waals surface area contributed by atoms with Crippen LogP contribution in [0.15, 0.2) is 48.5 Å². The van der Waals surface area contributed by atoms with Crippen molar-refractivity contribution in [3.8, 4) is 17.2 Å². The van der Waals surface area contributed by atoms with E-state index in [0.29, 0.717) is 6.79 Å². The number of aryl methyl sites for hydroxylation is 2. The number of fused-ring (bicyclic) bond motifs is 2. The average molecular weight is 397 g/mol. The van der Waals surface area contributed by atoms with E-state index in [1.807, 2.05) is 42.5 Å². The Kier molecular flexibility index (Phi) is 6.13. The first kappa shape index (κ1) is 19.9. The highest BCUT2D eigenvalue weighted by molar-refractivity contribution is 6.27. The quantitative estimate of drug-likeness (QED) is 0.646. The first-order valence-electron chi connectivity index (χ1n) is 8.75. The zero-order valence-corrected chi connectivity index (χ0v) is 15.6. The summed E-state index contributed by atoms with van der Waals surface area (Å²) in [6.07, 6.45) is 1.74. The zero-order valence-electron chi connectivity index (χ0n) is 15.6. The summed E-state index contributed by atoms with van der Waals surface area (Å²) in [5.41, 5.74) is 3.20. The smallest absolute Gasteiger partial charge is 0.414 e. The van der Waals surface area contributed by atoms with Gasteiger partial charge in [-0.1, -0.05) is 18.2 Å². The molecule has 150 valence electrons. The number of nitrogens with zero attached hydrogens (tertiary/aromatic N) is 1. The fourth-order valence-corrected chi connectivity index (χ4v) is 2.86. The minimum Gasteiger partial charge on any atom is -0.496 e. The molecule has 0 aliphatic carbocycles. The van der Waals surface area contributed by atoms with Crippen LogP contribution in [0.1, 0.15) is 11.3 Å². The van der Waals surface area contributed by atoms with Crippen LogP contribution < -0.4 is 14.2 Å². The molecule has 0 amide bonds. The molecule has 2 heterocycles. The van der Waals surface area contributed by atoms with Crippen LogP contribution in [0.3, 0.4) is 0 Å². The van der Waals surface area contributed by atoms with Crippen molar-refractivity contribution in [1.82, 2.24) is 4.98 Å². The van der Waals surface area contributed by atoms with E-state index >= 15 is 0 Å². The fraction of sp³-hybridized carbons (Fsp3) is 0.190. The van der Waals surface area contributed by atoms with Gasteiger partial charge in [-0.25, -0.2) is 9.59 Å². The topological polar surface area (TPSA) is 115 Å². The van der Waals surface area contributed by atoms with Crippen molar-refractivity contribution in [2.24, 2.45) is 0 Å². The van der Waals surface area contributed by atoms with Gasteiger partial charge in [0.05, 0.1) is 12.6 Å². The van der Waals surface area contributed by atoms with Gasteiger partial charge in [-0.15, -0.1) is 0 Å². The number of para-hydroxylation sites is 1. The molecular weight excluding hydrogens is 378 g/mol. The maximum absolute atomic E-state index is 9.10. The summed E-state index contributed by atoms with van der Waals surface area (Å²) < 4.78 is 16.3. The number of benzene rings is 2. The molecule has 0 bridgehead atoms. The van der Waals surface area contributed by atoms with Gasteiger partial charge in [0, 0.05) is 17.1 Å². The second-order valence-electron chi connectivity index (χ2n) is 6.13. The Labute approximate surface area is 166 Å². The highest BCUT2D eigenvalue weighted by Crippen LogP contribution is 2.33. The molecule has 2 N–H and O–H groups in total. The standard InChI is InChI=1S/C19H17NO3.C2H2O4/c1-21-18-11-14(20-16-5-3-2-4-15(16)18)8-6-13-7-9-17-19(10-13)23-12-22-17;3-1(4)2(5)6/h2-5,7,9-11H,6,8,12H2,1H3;(H,3,4)(H,5,6). The number of carbonyl (C=O) groups is 2. The minimum atomic E-state index is -1.82. The molecule has 29 heavy (non-hydrogen) atoms. The molecule has 0 spiro atoms. The number of ether oxygens (including phenoxy) is 3. The van der Waals surface area contributed by atoms with Crippen molar-refractivity contribution in [2.75, 3.05) is 13.9 Å². The molecule has 0 saturated carbocycles. The summed E-state index contributed by atoms with van der Waals surface area (Å²) in [4.78, 5) is 22.9. The molecular formula is C21H19NO7. The molecule has 4 rings (SSSR count). The Balaban J connectivity index is 0.000000353. The third kappa shape index (κ3) is 4.92. The number of carboxylic acids is 2. The van der Waals surface area contributed by atoms with Gasteiger partial charge in [0.15, 0.2) is 11.5 Å². The summed E-state index contributed by atoms with van der Waals surface area (Å²) in [7, 11) is 1.70. The highest BCUT2D eigenvalue weighted by Gasteiger charge is 2.13. The zero-order chi connectivity index (χ0) is 20.8. The first-order valence-corrected chi connectivity index (χ1v) is 8.75. The van der Waals surface area contributed by atoms with Gasteiger partial charge in [-0.3, -0.25) is 4.98 Å². The number of rotatable bonds is 4. The monoisotopic (exact) mass is 397 g/mol. The van der Waals surface area contributed by atoms with Crippen LogP contribution in [0, 0.1) is 0 Å². The van der Waals surface area contributed by atoms with Crippen molar-refractivity contribution in [3.63, 3.8) is 0 Å². The molecule has 1 aliphatic rings. The second kappa shape index (κ2) is 8.92. The molecule has 0 fully saturated rings. The number of carboxylic acid groups (broad SMARTS) is 2. The number of aliphatic carboxylic acids is 2. The Hall–Kier alpha value is -3.81. The summed E-state index contributed by atoms with van der Waals surface area (Å²) in [5.74, 6) is -1.13. The lowest BCUT2D eigenvalue weighted by atomic mass is 10.1. The maximum atomic E-state index is 9.10. The van der Waals surface area contributed by atoms with Gasteiger partial charge in [-0.2, -0.15) is 0 Å². The summed E-state index contributed by atoms with van der Waals surface area (Å²) >= 11 is 0. The van der Waals surface area contributed by atoms with Gasteiger partial charge in [0.25, 0.3) is 0 Å². The molecule has 8 nitrogen and oxygen atoms in total. The van der Waals surface area contributed by atoms with Crippen LogP contribution in [0.2, 0.25) is 0 Å². The molecule has 1 aliphatic heterocycles. The van der Waals surface area contributed by atoms with Crippen molar-refractivity contribution < 1.29 is 34.0 Å². The third-order valence-electron chi connectivity index (χ3n) is 4.24. The van der Waals surface area contributed by atoms with E-state index in [1.165, 1.54) is 5.56 Å². The molecule has 0 radical (unpaired) electrons. The number of hydrogen-bond acceptors (Lipinski definition) is 6. The maximum Gasteiger partial charge on any atom is 0.414 e. The predicted molar refractivity (Wildman–Crippen MR) is 104 cm³/mol. The van der Waals surface area contributed by atoms with Crippen LogP contribution >= 0.6 is 0 Å². The molecule has 0 saturated heterocycles. The van der Waals surface area contributed by atoms with Crippen LogP contribution in [-0.4, -0.2) is 41.0 Å². The lowest BCUT2D eigenvalue weighted by molar-refractivity contribution is -0.159. The van der Waals surface area contributed by atoms with Gasteiger partial charge in [0.2, 0.25) is 6.79 Å². The van der Waals surface area contributed by atoms with E-state index in [-0.39, 0.29) is 0 Å². The van der Waals surface area contributed by atoms with E-state index in [9.17, 15) is 0 Å². The first-order chi connectivity index (χ1) is 14.0. The Morgan fingerprint density at radius 3 is 2.45 bits per heavy atom. The van der Waals surface area contributed by atoms with Crippen LogP contribution in [0.4, 0.5) is 0 Å². The van der Waals surface area contributed by atoms with Crippen molar-refractivity contribution >= 4 is 22.8 Å². The number of methoxy groups -OCH3 is 1. The lowest BCUT2D eigenvalue weighted by Gasteiger charge is -2.09. The van der Waals surface area contributed by atoms with E-state index in [0.717, 1.165) is 46.7 Å². The van der Waals surface area contributed by atoms with Crippen LogP contribution in [0.25, 0.3) is 10.9 Å². The molecule has 1 aromatic heterocycles. The van der Waals surface area contributed by atoms with Crippen LogP contribution in [-0.2, 0) is 22.4 Å². The summed E-state index contributed by atoms with van der Waals surface area (Å²) in [5, 5.41) is 15.8. The largest absolute Gasteiger partial charge is 0.496 e. The third-order valence-corrected chi connectivity index (χ3v) is 4.24. The summed E-state index contributed by atoms with van der Waals surface area (Å²) in [6, 6.07) is 16.1. The normalized spacial score (nSPS) is 11.5. The Morgan fingerprint density at radius 2 is 1.72 bits per heavy atom. The minimum absolute atomic E-state index is 0.308. The van der Waals surface area contributed by atoms with Gasteiger partial charge < -0.3 is 24.4 Å². The average Bonchev–Trinajstić information content (AvgIpc) is 3.20. The molecule has 2 aromatic carbocycles. The van der Waals surface area contributed by atoms with Gasteiger partial charge in [-0.05, 0) is 42.7 Å². The van der Waals surface area contributed by atoms with Crippen LogP contribution in [0.5, 0.6) is 17.2 Å². The lowest BCUT2D eigenvalue weighted by Crippen LogP contribution is -2.09. The Morgan fingerprint density at radius 1 is 1.00 bits per heavy atom. The second-order valence-corrected chi connectivity index (χ2v) is 6.13. The Bertz CT molecular complexity index is 1040. The van der Waals surface area contributed by atoms with Gasteiger partial charge in [0.1, 0.15) is 5.75 Å². The predicted octanol–water partition coefficient (Wildman–Crippen LogP) is 2.91. The van der Waals surface area contributed by atoms with E-state index in [2.05, 4.69) is 6.07 Å².